The molecule has 26 heavy (non-hydrogen) atoms. The van der Waals surface area contributed by atoms with Crippen molar-refractivity contribution in [2.24, 2.45) is 7.05 Å². The maximum Gasteiger partial charge on any atom is 0.330 e. The summed E-state index contributed by atoms with van der Waals surface area (Å²) >= 11 is 0. The molecular formula is C18H24N6O2. The van der Waals surface area contributed by atoms with E-state index in [0.29, 0.717) is 13.1 Å². The number of nitrogens with zero attached hydrogens (tertiary/aromatic N) is 4. The highest BCUT2D eigenvalue weighted by molar-refractivity contribution is 5.76. The van der Waals surface area contributed by atoms with Gasteiger partial charge in [0, 0.05) is 20.6 Å². The number of imidazole rings is 1. The summed E-state index contributed by atoms with van der Waals surface area (Å²) in [5.74, 6) is 0.993. The molecule has 2 aromatic heterocycles. The van der Waals surface area contributed by atoms with E-state index < -0.39 is 11.2 Å². The third kappa shape index (κ3) is 3.10. The highest BCUT2D eigenvalue weighted by Gasteiger charge is 2.18. The van der Waals surface area contributed by atoms with Crippen molar-refractivity contribution in [2.45, 2.75) is 32.9 Å². The Hall–Kier alpha value is -3.03. The van der Waals surface area contributed by atoms with Crippen LogP contribution in [-0.4, -0.2) is 26.1 Å². The van der Waals surface area contributed by atoms with Gasteiger partial charge in [-0.25, -0.2) is 9.78 Å². The van der Waals surface area contributed by atoms with Crippen LogP contribution >= 0.6 is 0 Å². The molecular weight excluding hydrogens is 332 g/mol. The van der Waals surface area contributed by atoms with Gasteiger partial charge in [0.2, 0.25) is 0 Å². The van der Waals surface area contributed by atoms with E-state index in [1.54, 1.807) is 11.9 Å². The lowest BCUT2D eigenvalue weighted by Crippen LogP contribution is -2.37. The Morgan fingerprint density at radius 2 is 2.00 bits per heavy atom. The lowest BCUT2D eigenvalue weighted by molar-refractivity contribution is 0.603. The van der Waals surface area contributed by atoms with E-state index in [1.165, 1.54) is 4.57 Å². The maximum atomic E-state index is 12.4. The predicted molar refractivity (Wildman–Crippen MR) is 103 cm³/mol. The second-order valence-electron chi connectivity index (χ2n) is 6.43. The van der Waals surface area contributed by atoms with Gasteiger partial charge in [-0.1, -0.05) is 25.5 Å². The molecule has 0 spiro atoms. The summed E-state index contributed by atoms with van der Waals surface area (Å²) in [6.07, 6.45) is 1.74. The van der Waals surface area contributed by atoms with Gasteiger partial charge in [-0.15, -0.1) is 0 Å². The zero-order valence-electron chi connectivity index (χ0n) is 15.3. The van der Waals surface area contributed by atoms with Crippen LogP contribution in [0.5, 0.6) is 0 Å². The Bertz CT molecular complexity index is 1050. The zero-order valence-corrected chi connectivity index (χ0v) is 15.3. The van der Waals surface area contributed by atoms with E-state index in [1.807, 2.05) is 42.8 Å². The number of aromatic nitrogens is 4. The summed E-state index contributed by atoms with van der Waals surface area (Å²) in [5.41, 5.74) is 7.41. The third-order valence-corrected chi connectivity index (χ3v) is 4.59. The van der Waals surface area contributed by atoms with E-state index in [4.69, 9.17) is 5.73 Å². The first-order valence-corrected chi connectivity index (χ1v) is 8.68. The van der Waals surface area contributed by atoms with E-state index in [9.17, 15) is 9.59 Å². The Morgan fingerprint density at radius 1 is 1.27 bits per heavy atom. The molecule has 0 fully saturated rings. The van der Waals surface area contributed by atoms with Crippen molar-refractivity contribution < 1.29 is 0 Å². The number of hydrogen-bond donors (Lipinski definition) is 2. The van der Waals surface area contributed by atoms with Crippen LogP contribution in [0.1, 0.15) is 25.6 Å². The van der Waals surface area contributed by atoms with E-state index in [-0.39, 0.29) is 11.5 Å². The number of aromatic amines is 1. The van der Waals surface area contributed by atoms with Crippen LogP contribution in [-0.2, 0) is 20.1 Å². The molecule has 0 aliphatic heterocycles. The number of nitrogen functional groups attached to an aromatic ring is 1. The monoisotopic (exact) mass is 356 g/mol. The standard InChI is InChI=1S/C18H24N6O2/c1-4-5-10-24-16(19)15(17(25)21-18(24)26)22(2)11-14-20-12-8-6-7-9-13(12)23(14)3/h6-9H,4-5,10-11,19H2,1-3H3,(H,21,25,26). The minimum absolute atomic E-state index is 0.188. The van der Waals surface area contributed by atoms with E-state index in [0.717, 1.165) is 29.7 Å². The fourth-order valence-corrected chi connectivity index (χ4v) is 3.11. The second kappa shape index (κ2) is 7.07. The molecule has 1 aromatic carbocycles. The van der Waals surface area contributed by atoms with Crippen molar-refractivity contribution in [1.82, 2.24) is 19.1 Å². The fraction of sp³-hybridized carbons (Fsp3) is 0.389. The molecule has 138 valence electrons. The number of rotatable bonds is 6. The minimum Gasteiger partial charge on any atom is -0.383 e. The van der Waals surface area contributed by atoms with Gasteiger partial charge in [0.15, 0.2) is 0 Å². The lowest BCUT2D eigenvalue weighted by Gasteiger charge is -2.21. The molecule has 3 aromatic rings. The first-order chi connectivity index (χ1) is 12.4. The Labute approximate surface area is 150 Å². The summed E-state index contributed by atoms with van der Waals surface area (Å²) < 4.78 is 3.41. The van der Waals surface area contributed by atoms with Crippen LogP contribution in [0.3, 0.4) is 0 Å². The first-order valence-electron chi connectivity index (χ1n) is 8.68. The number of H-pyrrole nitrogens is 1. The van der Waals surface area contributed by atoms with Crippen LogP contribution in [0.25, 0.3) is 11.0 Å². The van der Waals surface area contributed by atoms with Gasteiger partial charge in [0.05, 0.1) is 17.6 Å². The summed E-state index contributed by atoms with van der Waals surface area (Å²) in [4.78, 5) is 33.1. The number of unbranched alkanes of at least 4 members (excludes halogenated alkanes) is 1. The molecule has 0 atom stereocenters. The minimum atomic E-state index is -0.485. The summed E-state index contributed by atoms with van der Waals surface area (Å²) in [6, 6.07) is 7.85. The van der Waals surface area contributed by atoms with Crippen LogP contribution in [0.4, 0.5) is 11.5 Å². The smallest absolute Gasteiger partial charge is 0.330 e. The maximum absolute atomic E-state index is 12.4. The van der Waals surface area contributed by atoms with Crippen molar-refractivity contribution in [3.8, 4) is 0 Å². The molecule has 0 radical (unpaired) electrons. The second-order valence-corrected chi connectivity index (χ2v) is 6.43. The van der Waals surface area contributed by atoms with Crippen LogP contribution in [0.15, 0.2) is 33.9 Å². The molecule has 0 amide bonds. The highest BCUT2D eigenvalue weighted by Crippen LogP contribution is 2.20. The SMILES string of the molecule is CCCCn1c(N)c(N(C)Cc2nc3ccccc3n2C)c(=O)[nH]c1=O. The zero-order chi connectivity index (χ0) is 18.8. The number of nitrogens with two attached hydrogens (primary N) is 1. The van der Waals surface area contributed by atoms with Crippen molar-refractivity contribution in [3.63, 3.8) is 0 Å². The molecule has 3 rings (SSSR count). The number of fused-ring (bicyclic) bond motifs is 1. The van der Waals surface area contributed by atoms with E-state index in [2.05, 4.69) is 9.97 Å². The third-order valence-electron chi connectivity index (χ3n) is 4.59. The molecule has 0 bridgehead atoms. The van der Waals surface area contributed by atoms with Gasteiger partial charge >= 0.3 is 5.69 Å². The Morgan fingerprint density at radius 3 is 2.69 bits per heavy atom. The van der Waals surface area contributed by atoms with Gasteiger partial charge in [0.1, 0.15) is 17.3 Å². The number of nitrogens with one attached hydrogen (secondary N) is 1. The van der Waals surface area contributed by atoms with Crippen LogP contribution < -0.4 is 21.9 Å². The molecule has 0 aliphatic carbocycles. The lowest BCUT2D eigenvalue weighted by atomic mass is 10.3. The summed E-state index contributed by atoms with van der Waals surface area (Å²) in [6.45, 7) is 2.90. The van der Waals surface area contributed by atoms with Crippen molar-refractivity contribution in [2.75, 3.05) is 17.7 Å². The predicted octanol–water partition coefficient (Wildman–Crippen LogP) is 1.44. The van der Waals surface area contributed by atoms with E-state index >= 15 is 0 Å². The fourth-order valence-electron chi connectivity index (χ4n) is 3.11. The van der Waals surface area contributed by atoms with Gasteiger partial charge in [0.25, 0.3) is 5.56 Å². The normalized spacial score (nSPS) is 11.2. The Kier molecular flexibility index (Phi) is 4.83. The van der Waals surface area contributed by atoms with Gasteiger partial charge < -0.3 is 15.2 Å². The van der Waals surface area contributed by atoms with Gasteiger partial charge in [-0.2, -0.15) is 0 Å². The molecule has 0 saturated heterocycles. The number of para-hydroxylation sites is 2. The largest absolute Gasteiger partial charge is 0.383 e. The molecule has 0 unspecified atom stereocenters. The van der Waals surface area contributed by atoms with Crippen molar-refractivity contribution in [1.29, 1.82) is 0 Å². The number of anilines is 2. The quantitative estimate of drug-likeness (QED) is 0.696. The number of aryl methyl sites for hydroxylation is 1. The molecule has 2 heterocycles. The molecule has 3 N–H and O–H groups in total. The average Bonchev–Trinajstić information content (AvgIpc) is 2.90. The van der Waals surface area contributed by atoms with Crippen LogP contribution in [0.2, 0.25) is 0 Å². The number of benzene rings is 1. The van der Waals surface area contributed by atoms with Gasteiger partial charge in [-0.05, 0) is 18.6 Å². The molecule has 8 nitrogen and oxygen atoms in total. The Balaban J connectivity index is 1.99. The van der Waals surface area contributed by atoms with Crippen molar-refractivity contribution >= 4 is 22.5 Å². The molecule has 8 heteroatoms. The highest BCUT2D eigenvalue weighted by atomic mass is 16.2. The van der Waals surface area contributed by atoms with Gasteiger partial charge in [-0.3, -0.25) is 14.3 Å². The summed E-state index contributed by atoms with van der Waals surface area (Å²) in [5, 5.41) is 0. The number of hydrogen-bond acceptors (Lipinski definition) is 5. The molecule has 0 saturated carbocycles. The topological polar surface area (TPSA) is 102 Å². The van der Waals surface area contributed by atoms with Crippen LogP contribution in [0, 0.1) is 0 Å². The summed E-state index contributed by atoms with van der Waals surface area (Å²) in [7, 11) is 3.71. The first kappa shape index (κ1) is 17.8. The van der Waals surface area contributed by atoms with Crippen molar-refractivity contribution in [3.05, 3.63) is 50.9 Å². The molecule has 0 aliphatic rings. The average molecular weight is 356 g/mol.